The minimum absolute atomic E-state index is 0.105. The van der Waals surface area contributed by atoms with Gasteiger partial charge in [0.25, 0.3) is 11.1 Å². The van der Waals surface area contributed by atoms with Gasteiger partial charge < -0.3 is 30.0 Å². The number of aromatic carboxylic acids is 2. The number of carboxylic acids is 2. The van der Waals surface area contributed by atoms with Crippen LogP contribution in [-0.2, 0) is 19.5 Å². The number of benzene rings is 3. The Morgan fingerprint density at radius 2 is 1.16 bits per heavy atom. The third kappa shape index (κ3) is 7.50. The molecule has 0 saturated carbocycles. The highest BCUT2D eigenvalue weighted by Gasteiger charge is 2.20. The number of aromatic nitrogens is 2. The third-order valence-corrected chi connectivity index (χ3v) is 9.65. The van der Waals surface area contributed by atoms with Crippen molar-refractivity contribution < 1.29 is 19.8 Å². The summed E-state index contributed by atoms with van der Waals surface area (Å²) in [5.41, 5.74) is 8.25. The van der Waals surface area contributed by atoms with E-state index < -0.39 is 23.1 Å². The zero-order valence-corrected chi connectivity index (χ0v) is 29.0. The molecule has 0 aliphatic carbocycles. The number of fused-ring (bicyclic) bond motifs is 1. The van der Waals surface area contributed by atoms with Crippen molar-refractivity contribution in [2.75, 3.05) is 22.9 Å². The monoisotopic (exact) mass is 686 g/mol. The Kier molecular flexibility index (Phi) is 10.2. The lowest BCUT2D eigenvalue weighted by molar-refractivity contribution is 0.0684. The van der Waals surface area contributed by atoms with Crippen molar-refractivity contribution in [3.05, 3.63) is 139 Å². The smallest absolute Gasteiger partial charge is 0.341 e. The maximum Gasteiger partial charge on any atom is 0.341 e. The summed E-state index contributed by atoms with van der Waals surface area (Å²) in [7, 11) is 0. The summed E-state index contributed by atoms with van der Waals surface area (Å²) in [5, 5.41) is 18.3. The predicted molar refractivity (Wildman–Crippen MR) is 200 cm³/mol. The number of hydrogen-bond donors (Lipinski definition) is 4. The fourth-order valence-electron chi connectivity index (χ4n) is 6.84. The van der Waals surface area contributed by atoms with Crippen molar-refractivity contribution in [1.82, 2.24) is 9.97 Å². The lowest BCUT2D eigenvalue weighted by Crippen LogP contribution is -2.20. The number of rotatable bonds is 8. The van der Waals surface area contributed by atoms with Gasteiger partial charge in [0, 0.05) is 37.6 Å². The van der Waals surface area contributed by atoms with Crippen LogP contribution in [-0.4, -0.2) is 45.2 Å². The molecule has 0 atom stereocenters. The highest BCUT2D eigenvalue weighted by Crippen LogP contribution is 2.31. The van der Waals surface area contributed by atoms with Gasteiger partial charge in [0.05, 0.1) is 11.4 Å². The molecule has 2 aliphatic heterocycles. The number of pyridine rings is 2. The van der Waals surface area contributed by atoms with E-state index in [2.05, 4.69) is 56.2 Å². The molecule has 262 valence electrons. The SMILES string of the molecule is CC(C)c1cc(C(=O)O)c(=O)[nH]c1-c1ccc(N2CCCC2)cc1.CCc1cc(C(=O)O)c(=O)[nH]c1-c1ccc(N2Cc3ccccc3C2)cc1. The Balaban J connectivity index is 0.000000177. The molecule has 7 rings (SSSR count). The first-order valence-electron chi connectivity index (χ1n) is 17.3. The highest BCUT2D eigenvalue weighted by molar-refractivity contribution is 5.88. The minimum atomic E-state index is -1.21. The molecule has 0 spiro atoms. The summed E-state index contributed by atoms with van der Waals surface area (Å²) in [6.45, 7) is 9.86. The van der Waals surface area contributed by atoms with E-state index in [-0.39, 0.29) is 17.0 Å². The number of nitrogens with zero attached hydrogens (tertiary/aromatic N) is 2. The van der Waals surface area contributed by atoms with Crippen molar-refractivity contribution in [3.63, 3.8) is 0 Å². The van der Waals surface area contributed by atoms with Gasteiger partial charge in [-0.1, -0.05) is 69.3 Å². The van der Waals surface area contributed by atoms with E-state index >= 15 is 0 Å². The number of nitrogens with one attached hydrogen (secondary N) is 2. The topological polar surface area (TPSA) is 147 Å². The molecule has 0 bridgehead atoms. The highest BCUT2D eigenvalue weighted by atomic mass is 16.4. The fourth-order valence-corrected chi connectivity index (χ4v) is 6.84. The van der Waals surface area contributed by atoms with E-state index in [0.29, 0.717) is 17.8 Å². The second kappa shape index (κ2) is 14.9. The van der Waals surface area contributed by atoms with E-state index in [0.717, 1.165) is 54.1 Å². The molecule has 10 nitrogen and oxygen atoms in total. The summed E-state index contributed by atoms with van der Waals surface area (Å²) in [6.07, 6.45) is 3.09. The van der Waals surface area contributed by atoms with E-state index in [4.69, 9.17) is 10.2 Å². The molecule has 1 fully saturated rings. The average molecular weight is 687 g/mol. The van der Waals surface area contributed by atoms with Gasteiger partial charge in [0.1, 0.15) is 11.1 Å². The van der Waals surface area contributed by atoms with Crippen LogP contribution >= 0.6 is 0 Å². The average Bonchev–Trinajstić information content (AvgIpc) is 3.83. The van der Waals surface area contributed by atoms with E-state index in [1.165, 1.54) is 41.8 Å². The predicted octanol–water partition coefficient (Wildman–Crippen LogP) is 7.29. The Bertz CT molecular complexity index is 2150. The van der Waals surface area contributed by atoms with Crippen LogP contribution in [0.3, 0.4) is 0 Å². The molecule has 3 aromatic carbocycles. The van der Waals surface area contributed by atoms with Crippen LogP contribution in [0.5, 0.6) is 0 Å². The molecule has 2 aromatic heterocycles. The van der Waals surface area contributed by atoms with Gasteiger partial charge in [0.15, 0.2) is 0 Å². The maximum absolute atomic E-state index is 12.1. The molecule has 2 aliphatic rings. The molecular formula is C41H42N4O6. The molecular weight excluding hydrogens is 644 g/mol. The van der Waals surface area contributed by atoms with Gasteiger partial charge in [-0.05, 0) is 95.0 Å². The number of aryl methyl sites for hydroxylation is 1. The molecule has 10 heteroatoms. The van der Waals surface area contributed by atoms with Crippen molar-refractivity contribution in [2.24, 2.45) is 0 Å². The maximum atomic E-state index is 12.1. The van der Waals surface area contributed by atoms with E-state index in [1.807, 2.05) is 57.2 Å². The molecule has 0 amide bonds. The van der Waals surface area contributed by atoms with Crippen molar-refractivity contribution in [1.29, 1.82) is 0 Å². The van der Waals surface area contributed by atoms with Gasteiger partial charge in [-0.15, -0.1) is 0 Å². The number of H-pyrrole nitrogens is 2. The molecule has 5 aromatic rings. The fraction of sp³-hybridized carbons (Fsp3) is 0.268. The van der Waals surface area contributed by atoms with Crippen LogP contribution in [0.2, 0.25) is 0 Å². The number of carbonyl (C=O) groups is 2. The van der Waals surface area contributed by atoms with Crippen LogP contribution in [0.15, 0.2) is 94.5 Å². The summed E-state index contributed by atoms with van der Waals surface area (Å²) < 4.78 is 0. The van der Waals surface area contributed by atoms with Crippen LogP contribution in [0.25, 0.3) is 22.5 Å². The lowest BCUT2D eigenvalue weighted by atomic mass is 9.95. The van der Waals surface area contributed by atoms with Crippen LogP contribution < -0.4 is 20.9 Å². The Morgan fingerprint density at radius 3 is 1.65 bits per heavy atom. The first-order valence-corrected chi connectivity index (χ1v) is 17.3. The van der Waals surface area contributed by atoms with Crippen molar-refractivity contribution in [2.45, 2.75) is 59.0 Å². The van der Waals surface area contributed by atoms with Gasteiger partial charge >= 0.3 is 11.9 Å². The van der Waals surface area contributed by atoms with E-state index in [9.17, 15) is 19.2 Å². The van der Waals surface area contributed by atoms with E-state index in [1.54, 1.807) is 0 Å². The zero-order chi connectivity index (χ0) is 36.2. The second-order valence-electron chi connectivity index (χ2n) is 13.3. The van der Waals surface area contributed by atoms with Crippen LogP contribution in [0.1, 0.15) is 82.5 Å². The number of anilines is 2. The first kappa shape index (κ1) is 34.9. The normalized spacial score (nSPS) is 13.6. The summed E-state index contributed by atoms with van der Waals surface area (Å²) in [5.74, 6) is -2.30. The largest absolute Gasteiger partial charge is 0.477 e. The first-order chi connectivity index (χ1) is 24.5. The zero-order valence-electron chi connectivity index (χ0n) is 29.0. The Morgan fingerprint density at radius 1 is 0.686 bits per heavy atom. The summed E-state index contributed by atoms with van der Waals surface area (Å²) in [6, 6.07) is 27.6. The summed E-state index contributed by atoms with van der Waals surface area (Å²) in [4.78, 5) is 56.7. The quantitative estimate of drug-likeness (QED) is 0.133. The second-order valence-corrected chi connectivity index (χ2v) is 13.3. The number of hydrogen-bond acceptors (Lipinski definition) is 6. The van der Waals surface area contributed by atoms with Gasteiger partial charge in [-0.3, -0.25) is 9.59 Å². The number of carboxylic acid groups (broad SMARTS) is 2. The van der Waals surface area contributed by atoms with Gasteiger partial charge in [-0.25, -0.2) is 9.59 Å². The Labute approximate surface area is 296 Å². The lowest BCUT2D eigenvalue weighted by Gasteiger charge is -2.18. The standard InChI is InChI=1S/C22H20N2O3.C19H22N2O3/c1-2-14-11-19(22(26)27)21(25)23-20(14)15-7-9-18(10-8-15)24-12-16-5-3-4-6-17(16)13-24;1-12(2)15-11-16(19(23)24)18(22)20-17(15)13-5-7-14(8-6-13)21-9-3-4-10-21/h3-11H,2,12-13H2,1H3,(H,23,25)(H,26,27);5-8,11-12H,3-4,9-10H2,1-2H3,(H,20,22)(H,23,24). The molecule has 0 radical (unpaired) electrons. The van der Waals surface area contributed by atoms with Crippen molar-refractivity contribution >= 4 is 23.3 Å². The summed E-state index contributed by atoms with van der Waals surface area (Å²) >= 11 is 0. The Hall–Kier alpha value is -5.90. The molecule has 0 unspecified atom stereocenters. The molecule has 51 heavy (non-hydrogen) atoms. The van der Waals surface area contributed by atoms with Crippen LogP contribution in [0.4, 0.5) is 11.4 Å². The molecule has 1 saturated heterocycles. The molecule has 4 N–H and O–H groups in total. The van der Waals surface area contributed by atoms with Crippen LogP contribution in [0, 0.1) is 0 Å². The third-order valence-electron chi connectivity index (χ3n) is 9.65. The minimum Gasteiger partial charge on any atom is -0.477 e. The van der Waals surface area contributed by atoms with Crippen molar-refractivity contribution in [3.8, 4) is 22.5 Å². The number of aromatic amines is 2. The van der Waals surface area contributed by atoms with Gasteiger partial charge in [-0.2, -0.15) is 0 Å². The molecule has 4 heterocycles. The van der Waals surface area contributed by atoms with Gasteiger partial charge in [0.2, 0.25) is 0 Å².